The number of hydrogen-bond donors (Lipinski definition) is 1. The van der Waals surface area contributed by atoms with Crippen LogP contribution in [0.4, 0.5) is 5.69 Å². The van der Waals surface area contributed by atoms with E-state index in [1.54, 1.807) is 30.3 Å². The maximum absolute atomic E-state index is 14.1. The lowest BCUT2D eigenvalue weighted by Gasteiger charge is -2.34. The molecular formula is C30H35Cl2N3O4S. The summed E-state index contributed by atoms with van der Waals surface area (Å²) in [5.41, 5.74) is 2.71. The van der Waals surface area contributed by atoms with Gasteiger partial charge in [0, 0.05) is 35.1 Å². The Balaban J connectivity index is 2.07. The Hall–Kier alpha value is -3.07. The van der Waals surface area contributed by atoms with Crippen molar-refractivity contribution in [2.45, 2.75) is 45.7 Å². The Morgan fingerprint density at radius 2 is 1.50 bits per heavy atom. The van der Waals surface area contributed by atoms with Gasteiger partial charge in [0.25, 0.3) is 0 Å². The molecule has 0 saturated heterocycles. The third kappa shape index (κ3) is 8.46. The molecule has 3 aromatic carbocycles. The van der Waals surface area contributed by atoms with E-state index in [4.69, 9.17) is 23.2 Å². The number of benzene rings is 3. The Morgan fingerprint density at radius 1 is 0.875 bits per heavy atom. The summed E-state index contributed by atoms with van der Waals surface area (Å²) in [6.07, 6.45) is 2.77. The first-order valence-corrected chi connectivity index (χ1v) is 15.8. The van der Waals surface area contributed by atoms with Gasteiger partial charge in [-0.3, -0.25) is 13.9 Å². The third-order valence-electron chi connectivity index (χ3n) is 6.52. The number of aryl methyl sites for hydroxylation is 1. The fourth-order valence-electron chi connectivity index (χ4n) is 4.29. The molecule has 2 amide bonds. The molecule has 0 fully saturated rings. The summed E-state index contributed by atoms with van der Waals surface area (Å²) < 4.78 is 26.8. The molecule has 0 spiro atoms. The van der Waals surface area contributed by atoms with Crippen molar-refractivity contribution >= 4 is 50.7 Å². The summed E-state index contributed by atoms with van der Waals surface area (Å²) in [6, 6.07) is 20.4. The maximum atomic E-state index is 14.1. The van der Waals surface area contributed by atoms with Gasteiger partial charge in [-0.15, -0.1) is 0 Å². The summed E-state index contributed by atoms with van der Waals surface area (Å²) >= 11 is 13.0. The number of rotatable bonds is 13. The zero-order chi connectivity index (χ0) is 29.3. The zero-order valence-corrected chi connectivity index (χ0v) is 25.3. The standard InChI is InChI=1S/C30H35Cl2N3O4S/c1-4-18-33-30(37)28(19-23-10-7-6-8-11-23)34(20-25-26(31)12-9-13-27(25)32)29(36)21-35(40(3,38)39)24-16-14-22(5-2)15-17-24/h6-17,28H,4-5,18-21H2,1-3H3,(H,33,37)/t28-/m0/s1. The normalized spacial score (nSPS) is 12.0. The maximum Gasteiger partial charge on any atom is 0.244 e. The molecule has 0 unspecified atom stereocenters. The topological polar surface area (TPSA) is 86.8 Å². The molecule has 0 saturated carbocycles. The van der Waals surface area contributed by atoms with E-state index in [0.29, 0.717) is 34.3 Å². The summed E-state index contributed by atoms with van der Waals surface area (Å²) in [5.74, 6) is -0.908. The van der Waals surface area contributed by atoms with Crippen LogP contribution >= 0.6 is 23.2 Å². The van der Waals surface area contributed by atoms with E-state index in [9.17, 15) is 18.0 Å². The fraction of sp³-hybridized carbons (Fsp3) is 0.333. The molecule has 10 heteroatoms. The molecule has 0 aliphatic carbocycles. The number of carbonyl (C=O) groups is 2. The molecule has 0 radical (unpaired) electrons. The van der Waals surface area contributed by atoms with Crippen molar-refractivity contribution in [2.24, 2.45) is 0 Å². The fourth-order valence-corrected chi connectivity index (χ4v) is 5.65. The van der Waals surface area contributed by atoms with Crippen molar-refractivity contribution in [3.8, 4) is 0 Å². The summed E-state index contributed by atoms with van der Waals surface area (Å²) in [5, 5.41) is 3.58. The number of hydrogen-bond acceptors (Lipinski definition) is 4. The van der Waals surface area contributed by atoms with Crippen LogP contribution in [0.25, 0.3) is 0 Å². The molecule has 0 bridgehead atoms. The Kier molecular flexibility index (Phi) is 11.4. The molecule has 3 aromatic rings. The van der Waals surface area contributed by atoms with Gasteiger partial charge in [-0.25, -0.2) is 8.42 Å². The highest BCUT2D eigenvalue weighted by molar-refractivity contribution is 7.92. The summed E-state index contributed by atoms with van der Waals surface area (Å²) in [7, 11) is -3.84. The second kappa shape index (κ2) is 14.5. The number of halogens is 2. The van der Waals surface area contributed by atoms with Gasteiger partial charge >= 0.3 is 0 Å². The third-order valence-corrected chi connectivity index (χ3v) is 8.37. The molecule has 40 heavy (non-hydrogen) atoms. The molecule has 0 aliphatic heterocycles. The van der Waals surface area contributed by atoms with E-state index < -0.39 is 28.5 Å². The molecule has 0 aromatic heterocycles. The first-order valence-electron chi connectivity index (χ1n) is 13.2. The van der Waals surface area contributed by atoms with Gasteiger partial charge in [-0.1, -0.05) is 85.6 Å². The highest BCUT2D eigenvalue weighted by Gasteiger charge is 2.33. The first kappa shape index (κ1) is 31.5. The largest absolute Gasteiger partial charge is 0.354 e. The lowest BCUT2D eigenvalue weighted by Crippen LogP contribution is -2.53. The number of nitrogens with one attached hydrogen (secondary N) is 1. The zero-order valence-electron chi connectivity index (χ0n) is 22.9. The predicted octanol–water partition coefficient (Wildman–Crippen LogP) is 5.49. The molecule has 7 nitrogen and oxygen atoms in total. The second-order valence-electron chi connectivity index (χ2n) is 9.51. The van der Waals surface area contributed by atoms with Gasteiger partial charge in [0.2, 0.25) is 21.8 Å². The minimum atomic E-state index is -3.84. The van der Waals surface area contributed by atoms with Crippen molar-refractivity contribution in [2.75, 3.05) is 23.7 Å². The van der Waals surface area contributed by atoms with Crippen LogP contribution in [0.1, 0.15) is 37.0 Å². The first-order chi connectivity index (χ1) is 19.0. The molecular weight excluding hydrogens is 569 g/mol. The van der Waals surface area contributed by atoms with Crippen LogP contribution in [0.15, 0.2) is 72.8 Å². The molecule has 1 N–H and O–H groups in total. The smallest absolute Gasteiger partial charge is 0.244 e. The number of carbonyl (C=O) groups excluding carboxylic acids is 2. The van der Waals surface area contributed by atoms with Crippen LogP contribution in [0, 0.1) is 0 Å². The van der Waals surface area contributed by atoms with Crippen molar-refractivity contribution in [3.05, 3.63) is 99.5 Å². The highest BCUT2D eigenvalue weighted by Crippen LogP contribution is 2.28. The van der Waals surface area contributed by atoms with Gasteiger partial charge in [-0.2, -0.15) is 0 Å². The van der Waals surface area contributed by atoms with Gasteiger partial charge in [-0.05, 0) is 48.2 Å². The number of sulfonamides is 1. The molecule has 0 aliphatic rings. The van der Waals surface area contributed by atoms with E-state index in [2.05, 4.69) is 5.32 Å². The lowest BCUT2D eigenvalue weighted by molar-refractivity contribution is -0.140. The van der Waals surface area contributed by atoms with Crippen LogP contribution in [0.5, 0.6) is 0 Å². The summed E-state index contributed by atoms with van der Waals surface area (Å²) in [4.78, 5) is 29.0. The quantitative estimate of drug-likeness (QED) is 0.280. The second-order valence-corrected chi connectivity index (χ2v) is 12.2. The van der Waals surface area contributed by atoms with Gasteiger partial charge in [0.1, 0.15) is 12.6 Å². The van der Waals surface area contributed by atoms with Gasteiger partial charge in [0.15, 0.2) is 0 Å². The number of anilines is 1. The van der Waals surface area contributed by atoms with Crippen molar-refractivity contribution in [1.82, 2.24) is 10.2 Å². The number of nitrogens with zero attached hydrogens (tertiary/aromatic N) is 2. The minimum absolute atomic E-state index is 0.0826. The van der Waals surface area contributed by atoms with Gasteiger partial charge in [0.05, 0.1) is 11.9 Å². The van der Waals surface area contributed by atoms with E-state index in [0.717, 1.165) is 28.1 Å². The van der Waals surface area contributed by atoms with Crippen molar-refractivity contribution in [3.63, 3.8) is 0 Å². The Morgan fingerprint density at radius 3 is 2.05 bits per heavy atom. The van der Waals surface area contributed by atoms with Crippen LogP contribution in [-0.4, -0.2) is 50.5 Å². The Labute approximate surface area is 247 Å². The van der Waals surface area contributed by atoms with Gasteiger partial charge < -0.3 is 10.2 Å². The SMILES string of the molecule is CCCNC(=O)[C@H](Cc1ccccc1)N(Cc1c(Cl)cccc1Cl)C(=O)CN(c1ccc(CC)cc1)S(C)(=O)=O. The highest BCUT2D eigenvalue weighted by atomic mass is 35.5. The van der Waals surface area contributed by atoms with Crippen LogP contribution in [-0.2, 0) is 39.0 Å². The monoisotopic (exact) mass is 603 g/mol. The number of amides is 2. The lowest BCUT2D eigenvalue weighted by atomic mass is 10.0. The van der Waals surface area contributed by atoms with E-state index in [-0.39, 0.29) is 18.9 Å². The minimum Gasteiger partial charge on any atom is -0.354 e. The van der Waals surface area contributed by atoms with E-state index in [1.165, 1.54) is 4.90 Å². The van der Waals surface area contributed by atoms with Crippen LogP contribution in [0.2, 0.25) is 10.0 Å². The van der Waals surface area contributed by atoms with E-state index in [1.807, 2.05) is 56.3 Å². The van der Waals surface area contributed by atoms with Crippen molar-refractivity contribution < 1.29 is 18.0 Å². The molecule has 214 valence electrons. The molecule has 3 rings (SSSR count). The van der Waals surface area contributed by atoms with Crippen LogP contribution < -0.4 is 9.62 Å². The Bertz CT molecular complexity index is 1380. The predicted molar refractivity (Wildman–Crippen MR) is 162 cm³/mol. The average Bonchev–Trinajstić information content (AvgIpc) is 2.93. The van der Waals surface area contributed by atoms with Crippen LogP contribution in [0.3, 0.4) is 0 Å². The average molecular weight is 605 g/mol. The summed E-state index contributed by atoms with van der Waals surface area (Å²) in [6.45, 7) is 3.78. The molecule has 0 heterocycles. The van der Waals surface area contributed by atoms with E-state index >= 15 is 0 Å². The molecule has 1 atom stereocenters. The van der Waals surface area contributed by atoms with Crippen molar-refractivity contribution in [1.29, 1.82) is 0 Å².